The highest BCUT2D eigenvalue weighted by molar-refractivity contribution is 7.80. The van der Waals surface area contributed by atoms with Crippen LogP contribution in [0.4, 0.5) is 5.69 Å². The minimum atomic E-state index is -0.224. The fourth-order valence-corrected chi connectivity index (χ4v) is 4.80. The van der Waals surface area contributed by atoms with Crippen molar-refractivity contribution in [3.05, 3.63) is 114 Å². The Morgan fingerprint density at radius 2 is 1.68 bits per heavy atom. The summed E-state index contributed by atoms with van der Waals surface area (Å²) in [5.41, 5.74) is 4.84. The number of aryl methyl sites for hydroxylation is 1. The Bertz CT molecular complexity index is 1290. The zero-order valence-electron chi connectivity index (χ0n) is 18.8. The average Bonchev–Trinajstić information content (AvgIpc) is 3.40. The fourth-order valence-electron chi connectivity index (χ4n) is 4.49. The van der Waals surface area contributed by atoms with Gasteiger partial charge in [-0.25, -0.2) is 0 Å². The van der Waals surface area contributed by atoms with Gasteiger partial charge in [-0.2, -0.15) is 0 Å². The number of carbonyl (C=O) groups is 1. The van der Waals surface area contributed by atoms with E-state index in [0.29, 0.717) is 5.11 Å². The van der Waals surface area contributed by atoms with Crippen LogP contribution in [0.25, 0.3) is 5.69 Å². The Morgan fingerprint density at radius 1 is 0.971 bits per heavy atom. The van der Waals surface area contributed by atoms with E-state index >= 15 is 0 Å². The molecule has 0 spiro atoms. The van der Waals surface area contributed by atoms with Crippen LogP contribution < -0.4 is 10.6 Å². The van der Waals surface area contributed by atoms with Crippen molar-refractivity contribution in [3.8, 4) is 5.69 Å². The first-order valence-corrected chi connectivity index (χ1v) is 11.6. The third-order valence-electron chi connectivity index (χ3n) is 5.99. The lowest BCUT2D eigenvalue weighted by molar-refractivity contribution is -0.116. The first-order chi connectivity index (χ1) is 16.6. The van der Waals surface area contributed by atoms with E-state index in [9.17, 15) is 4.79 Å². The highest BCUT2D eigenvalue weighted by Crippen LogP contribution is 2.40. The molecule has 1 amide bonds. The lowest BCUT2D eigenvalue weighted by Crippen LogP contribution is -2.37. The van der Waals surface area contributed by atoms with E-state index in [1.807, 2.05) is 71.6 Å². The lowest BCUT2D eigenvalue weighted by atomic mass is 10.0. The maximum atomic E-state index is 13.0. The van der Waals surface area contributed by atoms with E-state index in [-0.39, 0.29) is 24.5 Å². The molecule has 0 unspecified atom stereocenters. The predicted molar refractivity (Wildman–Crippen MR) is 138 cm³/mol. The highest BCUT2D eigenvalue weighted by Gasteiger charge is 2.42. The molecule has 7 heteroatoms. The van der Waals surface area contributed by atoms with Gasteiger partial charge in [-0.15, -0.1) is 0 Å². The molecule has 5 rings (SSSR count). The van der Waals surface area contributed by atoms with Crippen molar-refractivity contribution in [1.82, 2.24) is 19.8 Å². The van der Waals surface area contributed by atoms with Gasteiger partial charge in [-0.05, 0) is 67.7 Å². The normalized spacial score (nSPS) is 17.4. The number of hydrogen-bond donors (Lipinski definition) is 2. The summed E-state index contributed by atoms with van der Waals surface area (Å²) in [4.78, 5) is 19.6. The molecule has 1 fully saturated rings. The van der Waals surface area contributed by atoms with Crippen LogP contribution in [0, 0.1) is 6.92 Å². The van der Waals surface area contributed by atoms with E-state index in [4.69, 9.17) is 12.2 Å². The van der Waals surface area contributed by atoms with Crippen LogP contribution in [0.3, 0.4) is 0 Å². The number of anilines is 1. The lowest BCUT2D eigenvalue weighted by Gasteiger charge is -2.29. The summed E-state index contributed by atoms with van der Waals surface area (Å²) in [5.74, 6) is -0.128. The van der Waals surface area contributed by atoms with Crippen LogP contribution in [0.15, 0.2) is 97.2 Å². The van der Waals surface area contributed by atoms with E-state index in [1.165, 1.54) is 0 Å². The summed E-state index contributed by atoms with van der Waals surface area (Å²) in [5, 5.41) is 6.93. The van der Waals surface area contributed by atoms with Gasteiger partial charge in [0.1, 0.15) is 6.54 Å². The molecule has 170 valence electrons. The molecular weight excluding hydrogens is 442 g/mol. The van der Waals surface area contributed by atoms with E-state index in [0.717, 1.165) is 28.5 Å². The number of pyridine rings is 1. The number of nitrogens with one attached hydrogen (secondary N) is 2. The molecule has 0 aliphatic carbocycles. The topological polar surface area (TPSA) is 62.2 Å². The summed E-state index contributed by atoms with van der Waals surface area (Å²) < 4.78 is 2.22. The second-order valence-corrected chi connectivity index (χ2v) is 8.63. The maximum absolute atomic E-state index is 13.0. The summed E-state index contributed by atoms with van der Waals surface area (Å²) in [6, 6.07) is 29.3. The molecular formula is C27H25N5OS. The average molecular weight is 468 g/mol. The van der Waals surface area contributed by atoms with Crippen LogP contribution in [-0.4, -0.2) is 32.0 Å². The zero-order valence-corrected chi connectivity index (χ0v) is 19.6. The van der Waals surface area contributed by atoms with Gasteiger partial charge in [0.05, 0.1) is 17.8 Å². The van der Waals surface area contributed by atoms with Crippen LogP contribution in [0.2, 0.25) is 0 Å². The Kier molecular flexibility index (Phi) is 6.10. The molecule has 0 saturated carbocycles. The Labute approximate surface area is 204 Å². The van der Waals surface area contributed by atoms with E-state index in [1.54, 1.807) is 6.20 Å². The van der Waals surface area contributed by atoms with Gasteiger partial charge in [-0.3, -0.25) is 9.78 Å². The SMILES string of the molecule is Cc1ccc([C@H]2[C@@H](c3ccccn3)NC(=S)N2CC(=O)Nc2ccccc2)n1-c1ccccc1. The summed E-state index contributed by atoms with van der Waals surface area (Å²) in [6.45, 7) is 2.20. The smallest absolute Gasteiger partial charge is 0.244 e. The Morgan fingerprint density at radius 3 is 2.38 bits per heavy atom. The summed E-state index contributed by atoms with van der Waals surface area (Å²) in [6.07, 6.45) is 1.78. The van der Waals surface area contributed by atoms with Crippen LogP contribution in [0.1, 0.15) is 29.2 Å². The molecule has 2 N–H and O–H groups in total. The largest absolute Gasteiger partial charge is 0.352 e. The fraction of sp³-hybridized carbons (Fsp3) is 0.148. The van der Waals surface area contributed by atoms with Crippen molar-refractivity contribution in [2.45, 2.75) is 19.0 Å². The van der Waals surface area contributed by atoms with Crippen LogP contribution in [-0.2, 0) is 4.79 Å². The van der Waals surface area contributed by atoms with Crippen LogP contribution >= 0.6 is 12.2 Å². The first-order valence-electron chi connectivity index (χ1n) is 11.2. The third-order valence-corrected chi connectivity index (χ3v) is 6.35. The molecule has 2 aromatic heterocycles. The molecule has 3 heterocycles. The Hall–Kier alpha value is -3.97. The van der Waals surface area contributed by atoms with Crippen LogP contribution in [0.5, 0.6) is 0 Å². The Balaban J connectivity index is 1.54. The van der Waals surface area contributed by atoms with E-state index in [2.05, 4.69) is 51.4 Å². The maximum Gasteiger partial charge on any atom is 0.244 e. The number of nitrogens with zero attached hydrogens (tertiary/aromatic N) is 3. The second kappa shape index (κ2) is 9.49. The predicted octanol–water partition coefficient (Wildman–Crippen LogP) is 4.79. The highest BCUT2D eigenvalue weighted by atomic mass is 32.1. The van der Waals surface area contributed by atoms with Gasteiger partial charge < -0.3 is 20.1 Å². The molecule has 0 bridgehead atoms. The molecule has 2 atom stereocenters. The molecule has 2 aromatic carbocycles. The van der Waals surface area contributed by atoms with Crippen molar-refractivity contribution in [2.24, 2.45) is 0 Å². The number of thiocarbonyl (C=S) groups is 1. The van der Waals surface area contributed by atoms with Gasteiger partial charge in [-0.1, -0.05) is 42.5 Å². The van der Waals surface area contributed by atoms with Gasteiger partial charge in [0.15, 0.2) is 5.11 Å². The number of rotatable bonds is 6. The monoisotopic (exact) mass is 467 g/mol. The molecule has 1 aliphatic rings. The van der Waals surface area contributed by atoms with Gasteiger partial charge >= 0.3 is 0 Å². The molecule has 1 saturated heterocycles. The molecule has 34 heavy (non-hydrogen) atoms. The minimum absolute atomic E-state index is 0.119. The standard InChI is InChI=1S/C27H25N5OS/c1-19-15-16-23(32(19)21-12-6-3-7-13-21)26-25(22-14-8-9-17-28-22)30-27(34)31(26)18-24(33)29-20-10-4-2-5-11-20/h2-17,25-26H,18H2,1H3,(H,29,33)(H,30,34)/t25-,26+/m1/s1. The van der Waals surface area contributed by atoms with Crippen molar-refractivity contribution in [1.29, 1.82) is 0 Å². The quantitative estimate of drug-likeness (QED) is 0.399. The molecule has 6 nitrogen and oxygen atoms in total. The first kappa shape index (κ1) is 21.9. The van der Waals surface area contributed by atoms with Crippen molar-refractivity contribution in [3.63, 3.8) is 0 Å². The number of carbonyl (C=O) groups excluding carboxylic acids is 1. The van der Waals surface area contributed by atoms with Gasteiger partial charge in [0.2, 0.25) is 5.91 Å². The summed E-state index contributed by atoms with van der Waals surface area (Å²) >= 11 is 5.74. The van der Waals surface area contributed by atoms with Gasteiger partial charge in [0.25, 0.3) is 0 Å². The summed E-state index contributed by atoms with van der Waals surface area (Å²) in [7, 11) is 0. The number of amides is 1. The third kappa shape index (κ3) is 4.30. The van der Waals surface area contributed by atoms with Crippen molar-refractivity contribution < 1.29 is 4.79 Å². The number of para-hydroxylation sites is 2. The minimum Gasteiger partial charge on any atom is -0.352 e. The number of benzene rings is 2. The number of aromatic nitrogens is 2. The second-order valence-electron chi connectivity index (χ2n) is 8.24. The van der Waals surface area contributed by atoms with E-state index < -0.39 is 0 Å². The molecule has 1 aliphatic heterocycles. The van der Waals surface area contributed by atoms with Crippen molar-refractivity contribution in [2.75, 3.05) is 11.9 Å². The zero-order chi connectivity index (χ0) is 23.5. The van der Waals surface area contributed by atoms with Crippen molar-refractivity contribution >= 4 is 28.9 Å². The number of hydrogen-bond acceptors (Lipinski definition) is 3. The molecule has 4 aromatic rings. The molecule has 0 radical (unpaired) electrons. The van der Waals surface area contributed by atoms with Gasteiger partial charge in [0, 0.05) is 29.0 Å².